The molecule has 256 valence electrons. The van der Waals surface area contributed by atoms with Crippen LogP contribution in [0.15, 0.2) is 60.9 Å². The van der Waals surface area contributed by atoms with Gasteiger partial charge < -0.3 is 40.0 Å². The Morgan fingerprint density at radius 1 is 0.980 bits per heavy atom. The van der Waals surface area contributed by atoms with Gasteiger partial charge in [-0.2, -0.15) is 0 Å². The quantitative estimate of drug-likeness (QED) is 0.154. The van der Waals surface area contributed by atoms with Gasteiger partial charge in [0.05, 0.1) is 30.7 Å². The fourth-order valence-electron chi connectivity index (χ4n) is 6.39. The molecule has 4 aromatic rings. The van der Waals surface area contributed by atoms with Crippen LogP contribution < -0.4 is 25.4 Å². The molecular formula is C36H40N6O7. The lowest BCUT2D eigenvalue weighted by Crippen LogP contribution is -2.45. The molecule has 0 bridgehead atoms. The number of nitrogens with one attached hydrogen (secondary N) is 3. The largest absolute Gasteiger partial charge is 0.493 e. The number of benzene rings is 2. The molecule has 1 atom stereocenters. The standard InChI is InChI=1S/C36H40N6O7/c1-22-15-24(20-42(22)36(46)47)23-9-11-25(12-10-23)39-34(44)30-16-26(21-40(30)2)38-33(43)8-6-14-49-32-18-29-28(17-31(32)48-3)35(45)41-13-5-4-7-27(41)19-37-29/h9-12,15-18,20-21,27,37H,4-8,13-14,19H2,1-3H3,(H,38,43)(H,39,44)(H,46,47)/t27-/m0/s1. The Morgan fingerprint density at radius 3 is 2.51 bits per heavy atom. The second-order valence-corrected chi connectivity index (χ2v) is 12.4. The second kappa shape index (κ2) is 14.2. The van der Waals surface area contributed by atoms with Gasteiger partial charge in [0.25, 0.3) is 11.8 Å². The van der Waals surface area contributed by atoms with Crippen molar-refractivity contribution >= 4 is 40.9 Å². The summed E-state index contributed by atoms with van der Waals surface area (Å²) in [5.41, 5.74) is 4.89. The highest BCUT2D eigenvalue weighted by molar-refractivity contribution is 6.05. The molecule has 0 unspecified atom stereocenters. The van der Waals surface area contributed by atoms with Crippen LogP contribution >= 0.6 is 0 Å². The lowest BCUT2D eigenvalue weighted by Gasteiger charge is -2.34. The molecule has 2 aromatic heterocycles. The maximum absolute atomic E-state index is 13.3. The number of aryl methyl sites for hydroxylation is 2. The first-order chi connectivity index (χ1) is 23.6. The predicted octanol–water partition coefficient (Wildman–Crippen LogP) is 5.81. The van der Waals surface area contributed by atoms with Crippen molar-refractivity contribution in [3.05, 3.63) is 77.9 Å². The zero-order chi connectivity index (χ0) is 34.7. The molecule has 3 amide bonds. The number of hydrogen-bond acceptors (Lipinski definition) is 7. The van der Waals surface area contributed by atoms with E-state index in [-0.39, 0.29) is 36.8 Å². The van der Waals surface area contributed by atoms with E-state index in [1.54, 1.807) is 79.5 Å². The monoisotopic (exact) mass is 668 g/mol. The van der Waals surface area contributed by atoms with E-state index in [4.69, 9.17) is 9.47 Å². The first-order valence-electron chi connectivity index (χ1n) is 16.3. The fourth-order valence-corrected chi connectivity index (χ4v) is 6.39. The Morgan fingerprint density at radius 2 is 1.78 bits per heavy atom. The zero-order valence-corrected chi connectivity index (χ0v) is 27.7. The zero-order valence-electron chi connectivity index (χ0n) is 27.7. The van der Waals surface area contributed by atoms with E-state index < -0.39 is 6.09 Å². The van der Waals surface area contributed by atoms with Crippen LogP contribution in [0.4, 0.5) is 21.9 Å². The Hall–Kier alpha value is -5.72. The van der Waals surface area contributed by atoms with Crippen molar-refractivity contribution in [1.29, 1.82) is 0 Å². The van der Waals surface area contributed by atoms with Gasteiger partial charge in [0, 0.05) is 68.0 Å². The molecule has 0 spiro atoms. The summed E-state index contributed by atoms with van der Waals surface area (Å²) < 4.78 is 14.3. The number of methoxy groups -OCH3 is 1. The van der Waals surface area contributed by atoms with E-state index in [2.05, 4.69) is 16.0 Å². The van der Waals surface area contributed by atoms with Crippen LogP contribution in [0.2, 0.25) is 0 Å². The number of ether oxygens (including phenoxy) is 2. The van der Waals surface area contributed by atoms with E-state index in [1.807, 2.05) is 4.90 Å². The van der Waals surface area contributed by atoms with Gasteiger partial charge in [0.1, 0.15) is 5.69 Å². The minimum Gasteiger partial charge on any atom is -0.493 e. The van der Waals surface area contributed by atoms with Crippen LogP contribution in [0.5, 0.6) is 11.5 Å². The van der Waals surface area contributed by atoms with Crippen LogP contribution in [0, 0.1) is 6.92 Å². The molecule has 1 fully saturated rings. The molecule has 49 heavy (non-hydrogen) atoms. The molecule has 2 aliphatic heterocycles. The van der Waals surface area contributed by atoms with Gasteiger partial charge in [-0.25, -0.2) is 4.79 Å². The van der Waals surface area contributed by atoms with E-state index in [9.17, 15) is 24.3 Å². The average molecular weight is 669 g/mol. The van der Waals surface area contributed by atoms with Gasteiger partial charge in [-0.3, -0.25) is 19.0 Å². The molecule has 2 aliphatic rings. The lowest BCUT2D eigenvalue weighted by molar-refractivity contribution is -0.116. The van der Waals surface area contributed by atoms with Gasteiger partial charge in [-0.05, 0) is 68.5 Å². The molecule has 2 aromatic carbocycles. The van der Waals surface area contributed by atoms with E-state index in [1.165, 1.54) is 7.11 Å². The van der Waals surface area contributed by atoms with Crippen LogP contribution in [0.3, 0.4) is 0 Å². The SMILES string of the molecule is COc1cc2c(cc1OCCCC(=O)Nc1cc(C(=O)Nc3ccc(-c4cc(C)n(C(=O)O)c4)cc3)n(C)c1)NC[C@@H]1CCCCN1C2=O. The highest BCUT2D eigenvalue weighted by Gasteiger charge is 2.32. The van der Waals surface area contributed by atoms with Crippen LogP contribution in [-0.4, -0.2) is 75.8 Å². The van der Waals surface area contributed by atoms with Gasteiger partial charge in [0.2, 0.25) is 5.91 Å². The summed E-state index contributed by atoms with van der Waals surface area (Å²) in [7, 11) is 3.26. The molecule has 0 saturated carbocycles. The Labute approximate surface area is 283 Å². The minimum absolute atomic E-state index is 0.00393. The first-order valence-corrected chi connectivity index (χ1v) is 16.3. The number of amides is 3. The molecule has 0 aliphatic carbocycles. The van der Waals surface area contributed by atoms with Gasteiger partial charge in [0.15, 0.2) is 11.5 Å². The average Bonchev–Trinajstić information content (AvgIpc) is 3.63. The van der Waals surface area contributed by atoms with Crippen molar-refractivity contribution in [2.45, 2.75) is 45.1 Å². The van der Waals surface area contributed by atoms with E-state index >= 15 is 0 Å². The second-order valence-electron chi connectivity index (χ2n) is 12.4. The summed E-state index contributed by atoms with van der Waals surface area (Å²) in [5, 5.41) is 18.4. The smallest absolute Gasteiger partial charge is 0.415 e. The third-order valence-corrected chi connectivity index (χ3v) is 8.97. The van der Waals surface area contributed by atoms with Crippen molar-refractivity contribution in [3.63, 3.8) is 0 Å². The van der Waals surface area contributed by atoms with Gasteiger partial charge in [-0.1, -0.05) is 12.1 Å². The number of hydrogen-bond donors (Lipinski definition) is 4. The number of fused-ring (bicyclic) bond motifs is 2. The Balaban J connectivity index is 0.999. The van der Waals surface area contributed by atoms with E-state index in [0.29, 0.717) is 52.8 Å². The topological polar surface area (TPSA) is 156 Å². The van der Waals surface area contributed by atoms with Gasteiger partial charge in [-0.15, -0.1) is 0 Å². The third-order valence-electron chi connectivity index (χ3n) is 8.97. The molecular weight excluding hydrogens is 628 g/mol. The summed E-state index contributed by atoms with van der Waals surface area (Å²) >= 11 is 0. The number of aromatic nitrogens is 2. The van der Waals surface area contributed by atoms with Crippen molar-refractivity contribution in [3.8, 4) is 22.6 Å². The molecule has 6 rings (SSSR count). The fraction of sp³-hybridized carbons (Fsp3) is 0.333. The summed E-state index contributed by atoms with van der Waals surface area (Å²) in [6, 6.07) is 14.2. The normalized spacial score (nSPS) is 15.4. The molecule has 13 nitrogen and oxygen atoms in total. The number of piperidine rings is 1. The summed E-state index contributed by atoms with van der Waals surface area (Å²) in [4.78, 5) is 52.3. The molecule has 4 heterocycles. The molecule has 4 N–H and O–H groups in total. The van der Waals surface area contributed by atoms with Crippen molar-refractivity contribution < 1.29 is 33.8 Å². The summed E-state index contributed by atoms with van der Waals surface area (Å²) in [5.74, 6) is 0.401. The Bertz CT molecular complexity index is 1890. The van der Waals surface area contributed by atoms with E-state index in [0.717, 1.165) is 47.2 Å². The maximum atomic E-state index is 13.3. The number of anilines is 3. The van der Waals surface area contributed by atoms with Crippen LogP contribution in [0.1, 0.15) is 58.6 Å². The van der Waals surface area contributed by atoms with Crippen LogP contribution in [0.25, 0.3) is 11.1 Å². The van der Waals surface area contributed by atoms with Gasteiger partial charge >= 0.3 is 6.09 Å². The summed E-state index contributed by atoms with van der Waals surface area (Å²) in [6.07, 6.45) is 5.91. The lowest BCUT2D eigenvalue weighted by atomic mass is 10.0. The maximum Gasteiger partial charge on any atom is 0.415 e. The highest BCUT2D eigenvalue weighted by atomic mass is 16.5. The highest BCUT2D eigenvalue weighted by Crippen LogP contribution is 2.37. The number of carbonyl (C=O) groups is 4. The predicted molar refractivity (Wildman–Crippen MR) is 185 cm³/mol. The Kier molecular flexibility index (Phi) is 9.61. The first kappa shape index (κ1) is 33.2. The van der Waals surface area contributed by atoms with Crippen LogP contribution in [-0.2, 0) is 11.8 Å². The number of rotatable bonds is 10. The number of carbonyl (C=O) groups excluding carboxylic acids is 3. The molecule has 1 saturated heterocycles. The minimum atomic E-state index is -1.05. The van der Waals surface area contributed by atoms with Crippen molar-refractivity contribution in [2.75, 3.05) is 42.8 Å². The molecule has 13 heteroatoms. The van der Waals surface area contributed by atoms with Crippen molar-refractivity contribution in [2.24, 2.45) is 7.05 Å². The number of nitrogens with zero attached hydrogens (tertiary/aromatic N) is 3. The summed E-state index contributed by atoms with van der Waals surface area (Å²) in [6.45, 7) is 3.43. The molecule has 0 radical (unpaired) electrons. The van der Waals surface area contributed by atoms with Crippen molar-refractivity contribution in [1.82, 2.24) is 14.0 Å². The number of carboxylic acid groups (broad SMARTS) is 1. The third kappa shape index (κ3) is 7.25.